The highest BCUT2D eigenvalue weighted by molar-refractivity contribution is 5.94. The summed E-state index contributed by atoms with van der Waals surface area (Å²) in [7, 11) is 0. The lowest BCUT2D eigenvalue weighted by Gasteiger charge is -2.47. The molecule has 0 aliphatic carbocycles. The fourth-order valence-electron chi connectivity index (χ4n) is 6.93. The van der Waals surface area contributed by atoms with E-state index in [1.807, 2.05) is 36.1 Å². The first-order chi connectivity index (χ1) is 22.3. The predicted molar refractivity (Wildman–Crippen MR) is 182 cm³/mol. The molecule has 2 saturated heterocycles. The van der Waals surface area contributed by atoms with Crippen molar-refractivity contribution in [1.82, 2.24) is 19.6 Å². The fourth-order valence-corrected chi connectivity index (χ4v) is 6.93. The van der Waals surface area contributed by atoms with Gasteiger partial charge in [0.25, 0.3) is 5.91 Å². The number of amides is 1. The molecule has 0 aromatic heterocycles. The van der Waals surface area contributed by atoms with E-state index in [2.05, 4.69) is 77.1 Å². The summed E-state index contributed by atoms with van der Waals surface area (Å²) in [5, 5.41) is 10.5. The average Bonchev–Trinajstić information content (AvgIpc) is 3.06. The Bertz CT molecular complexity index is 1420. The summed E-state index contributed by atoms with van der Waals surface area (Å²) in [5.41, 5.74) is 4.11. The highest BCUT2D eigenvalue weighted by Gasteiger charge is 2.35. The van der Waals surface area contributed by atoms with Crippen LogP contribution < -0.4 is 0 Å². The maximum absolute atomic E-state index is 13.8. The third kappa shape index (κ3) is 8.75. The van der Waals surface area contributed by atoms with Crippen molar-refractivity contribution in [3.05, 3.63) is 101 Å². The minimum absolute atomic E-state index is 0.0626. The number of esters is 1. The third-order valence-corrected chi connectivity index (χ3v) is 9.43. The molecule has 2 fully saturated rings. The molecule has 0 radical (unpaired) electrons. The highest BCUT2D eigenvalue weighted by atomic mass is 16.5. The number of benzene rings is 3. The Kier molecular flexibility index (Phi) is 11.9. The van der Waals surface area contributed by atoms with Crippen molar-refractivity contribution in [1.29, 1.82) is 0 Å². The van der Waals surface area contributed by atoms with Crippen molar-refractivity contribution >= 4 is 11.9 Å². The molecule has 2 aliphatic rings. The summed E-state index contributed by atoms with van der Waals surface area (Å²) in [6.07, 6.45) is 2.24. The number of rotatable bonds is 12. The van der Waals surface area contributed by atoms with Crippen LogP contribution in [0.2, 0.25) is 0 Å². The van der Waals surface area contributed by atoms with E-state index in [9.17, 15) is 14.7 Å². The van der Waals surface area contributed by atoms with E-state index >= 15 is 0 Å². The molecule has 3 aromatic carbocycles. The van der Waals surface area contributed by atoms with E-state index in [0.29, 0.717) is 37.7 Å². The van der Waals surface area contributed by atoms with E-state index in [-0.39, 0.29) is 29.7 Å². The summed E-state index contributed by atoms with van der Waals surface area (Å²) >= 11 is 0. The number of phenolic OH excluding ortho intramolecular Hbond substituents is 1. The lowest BCUT2D eigenvalue weighted by Crippen LogP contribution is -2.56. The number of hydrogen-bond donors (Lipinski definition) is 1. The zero-order chi connectivity index (χ0) is 32.5. The third-order valence-electron chi connectivity index (χ3n) is 9.43. The molecule has 0 saturated carbocycles. The molecule has 8 nitrogen and oxygen atoms in total. The molecule has 2 heterocycles. The smallest absolute Gasteiger partial charge is 0.305 e. The average molecular weight is 627 g/mol. The van der Waals surface area contributed by atoms with Crippen LogP contribution in [0.4, 0.5) is 0 Å². The second-order valence-electron chi connectivity index (χ2n) is 12.8. The van der Waals surface area contributed by atoms with Gasteiger partial charge < -0.3 is 14.7 Å². The van der Waals surface area contributed by atoms with Gasteiger partial charge >= 0.3 is 5.97 Å². The van der Waals surface area contributed by atoms with Crippen LogP contribution in [0.1, 0.15) is 73.1 Å². The Balaban J connectivity index is 1.26. The molecule has 1 unspecified atom stereocenters. The molecule has 3 aromatic rings. The van der Waals surface area contributed by atoms with Gasteiger partial charge in [-0.2, -0.15) is 0 Å². The molecular weight excluding hydrogens is 576 g/mol. The zero-order valence-corrected chi connectivity index (χ0v) is 27.7. The van der Waals surface area contributed by atoms with Gasteiger partial charge in [-0.05, 0) is 81.1 Å². The second kappa shape index (κ2) is 16.2. The van der Waals surface area contributed by atoms with Crippen molar-refractivity contribution in [2.24, 2.45) is 0 Å². The summed E-state index contributed by atoms with van der Waals surface area (Å²) in [6, 6.07) is 26.8. The van der Waals surface area contributed by atoms with E-state index < -0.39 is 0 Å². The van der Waals surface area contributed by atoms with Crippen LogP contribution in [0.5, 0.6) is 5.75 Å². The van der Waals surface area contributed by atoms with Gasteiger partial charge in [0.1, 0.15) is 5.75 Å². The molecule has 0 bridgehead atoms. The number of carbonyl (C=O) groups is 2. The molecule has 1 amide bonds. The van der Waals surface area contributed by atoms with Gasteiger partial charge in [-0.25, -0.2) is 0 Å². The molecule has 5 rings (SSSR count). The van der Waals surface area contributed by atoms with Gasteiger partial charge in [-0.15, -0.1) is 0 Å². The summed E-state index contributed by atoms with van der Waals surface area (Å²) < 4.78 is 5.03. The maximum atomic E-state index is 13.8. The maximum Gasteiger partial charge on any atom is 0.305 e. The number of nitrogens with zero attached hydrogens (tertiary/aromatic N) is 4. The topological polar surface area (TPSA) is 76.6 Å². The highest BCUT2D eigenvalue weighted by Crippen LogP contribution is 2.35. The Morgan fingerprint density at radius 3 is 2.28 bits per heavy atom. The number of hydrogen-bond acceptors (Lipinski definition) is 7. The number of aromatic hydroxyl groups is 1. The van der Waals surface area contributed by atoms with E-state index in [1.165, 1.54) is 5.56 Å². The van der Waals surface area contributed by atoms with Crippen molar-refractivity contribution in [3.63, 3.8) is 0 Å². The lowest BCUT2D eigenvalue weighted by atomic mass is 9.92. The molecule has 46 heavy (non-hydrogen) atoms. The first-order valence-corrected chi connectivity index (χ1v) is 16.9. The SMILES string of the molecule is CCOC(=O)CCCCN1CCN(C(=O)c2cccc(C(c3cccc(O)c3)N3C[C@@H](C)N(Cc4ccccc4)C[C@@H]3C)c2)CC1. The van der Waals surface area contributed by atoms with E-state index in [4.69, 9.17) is 4.74 Å². The van der Waals surface area contributed by atoms with Crippen LogP contribution in [0.15, 0.2) is 78.9 Å². The van der Waals surface area contributed by atoms with Gasteiger partial charge in [-0.1, -0.05) is 54.6 Å². The molecule has 3 atom stereocenters. The van der Waals surface area contributed by atoms with Gasteiger partial charge in [0.15, 0.2) is 0 Å². The lowest BCUT2D eigenvalue weighted by molar-refractivity contribution is -0.143. The molecule has 8 heteroatoms. The van der Waals surface area contributed by atoms with Crippen molar-refractivity contribution in [2.45, 2.75) is 64.7 Å². The van der Waals surface area contributed by atoms with Crippen LogP contribution >= 0.6 is 0 Å². The van der Waals surface area contributed by atoms with E-state index in [0.717, 1.165) is 63.2 Å². The standard InChI is InChI=1S/C38H50N4O4/c1-4-46-36(44)18-8-9-19-39-20-22-40(23-21-39)38(45)34-16-10-14-32(24-34)37(33-15-11-17-35(43)25-33)42-27-29(2)41(26-30(42)3)28-31-12-6-5-7-13-31/h5-7,10-17,24-25,29-30,37,43H,4,8-9,18-23,26-28H2,1-3H3/t29-,30+,37?/m1/s1. The van der Waals surface area contributed by atoms with Crippen LogP contribution in [0.25, 0.3) is 0 Å². The van der Waals surface area contributed by atoms with Crippen molar-refractivity contribution in [3.8, 4) is 5.75 Å². The Morgan fingerprint density at radius 2 is 1.57 bits per heavy atom. The minimum Gasteiger partial charge on any atom is -0.508 e. The van der Waals surface area contributed by atoms with Gasteiger partial charge in [-0.3, -0.25) is 24.3 Å². The Labute approximate surface area is 274 Å². The molecule has 246 valence electrons. The Hall–Kier alpha value is -3.72. The van der Waals surface area contributed by atoms with Crippen LogP contribution in [0, 0.1) is 0 Å². The fraction of sp³-hybridized carbons (Fsp3) is 0.474. The van der Waals surface area contributed by atoms with Crippen molar-refractivity contribution in [2.75, 3.05) is 52.4 Å². The number of piperazine rings is 2. The quantitative estimate of drug-likeness (QED) is 0.208. The van der Waals surface area contributed by atoms with Crippen LogP contribution in [-0.2, 0) is 16.1 Å². The molecule has 2 aliphatic heterocycles. The minimum atomic E-state index is -0.124. The van der Waals surface area contributed by atoms with Crippen LogP contribution in [0.3, 0.4) is 0 Å². The van der Waals surface area contributed by atoms with Gasteiger partial charge in [0.2, 0.25) is 0 Å². The second-order valence-corrected chi connectivity index (χ2v) is 12.8. The van der Waals surface area contributed by atoms with Gasteiger partial charge in [0, 0.05) is 69.9 Å². The van der Waals surface area contributed by atoms with E-state index in [1.54, 1.807) is 6.07 Å². The first-order valence-electron chi connectivity index (χ1n) is 16.9. The predicted octanol–water partition coefficient (Wildman–Crippen LogP) is 5.57. The van der Waals surface area contributed by atoms with Crippen LogP contribution in [-0.4, -0.2) is 101 Å². The number of unbranched alkanes of at least 4 members (excludes halogenated alkanes) is 1. The zero-order valence-electron chi connectivity index (χ0n) is 27.7. The number of phenols is 1. The summed E-state index contributed by atoms with van der Waals surface area (Å²) in [6.45, 7) is 13.5. The first kappa shape index (κ1) is 33.6. The molecular formula is C38H50N4O4. The monoisotopic (exact) mass is 626 g/mol. The largest absolute Gasteiger partial charge is 0.508 e. The Morgan fingerprint density at radius 1 is 0.848 bits per heavy atom. The number of ether oxygens (including phenoxy) is 1. The molecule has 0 spiro atoms. The van der Waals surface area contributed by atoms with Gasteiger partial charge in [0.05, 0.1) is 12.6 Å². The normalized spacial score (nSPS) is 20.4. The number of carbonyl (C=O) groups excluding carboxylic acids is 2. The molecule has 1 N–H and O–H groups in total. The summed E-state index contributed by atoms with van der Waals surface area (Å²) in [4.78, 5) is 34.8. The van der Waals surface area contributed by atoms with Crippen molar-refractivity contribution < 1.29 is 19.4 Å². The summed E-state index contributed by atoms with van der Waals surface area (Å²) in [5.74, 6) is 0.185.